The Labute approximate surface area is 215 Å². The van der Waals surface area contributed by atoms with Gasteiger partial charge in [-0.2, -0.15) is 0 Å². The molecule has 0 N–H and O–H groups in total. The van der Waals surface area contributed by atoms with Gasteiger partial charge in [-0.15, -0.1) is 0 Å². The van der Waals surface area contributed by atoms with Crippen LogP contribution in [-0.4, -0.2) is 0 Å². The molecule has 0 aromatic carbocycles. The molecule has 0 spiro atoms. The van der Waals surface area contributed by atoms with E-state index in [9.17, 15) is 0 Å². The van der Waals surface area contributed by atoms with Gasteiger partial charge in [0.25, 0.3) is 0 Å². The Balaban J connectivity index is 1.83. The van der Waals surface area contributed by atoms with Crippen LogP contribution in [0.15, 0.2) is 36.0 Å². The molecule has 0 saturated heterocycles. The molecule has 1 saturated carbocycles. The van der Waals surface area contributed by atoms with Crippen LogP contribution in [0.3, 0.4) is 0 Å². The van der Waals surface area contributed by atoms with E-state index >= 15 is 0 Å². The fraction of sp³-hybridized carbons (Fsp3) is 0.812. The quantitative estimate of drug-likeness (QED) is 0.134. The second kappa shape index (κ2) is 12.9. The third-order valence-electron chi connectivity index (χ3n) is 10.5. The maximum atomic E-state index is 2.80. The Morgan fingerprint density at radius 2 is 1.70 bits per heavy atom. The Kier molecular flexibility index (Phi) is 10.8. The zero-order valence-electron chi connectivity index (χ0n) is 23.1. The molecule has 0 amide bonds. The minimum atomic E-state index is -1.59. The van der Waals surface area contributed by atoms with Gasteiger partial charge >= 0.3 is 217 Å². The molecule has 0 aromatic heterocycles. The van der Waals surface area contributed by atoms with E-state index in [2.05, 4.69) is 71.9 Å². The van der Waals surface area contributed by atoms with Crippen LogP contribution in [-0.2, 0) is 21.4 Å². The van der Waals surface area contributed by atoms with Crippen molar-refractivity contribution in [2.24, 2.45) is 28.6 Å². The van der Waals surface area contributed by atoms with Crippen molar-refractivity contribution in [3.05, 3.63) is 36.0 Å². The minimum absolute atomic E-state index is 0.431. The van der Waals surface area contributed by atoms with Gasteiger partial charge < -0.3 is 0 Å². The van der Waals surface area contributed by atoms with Crippen molar-refractivity contribution in [1.29, 1.82) is 0 Å². The number of allylic oxidation sites excluding steroid dienone is 6. The van der Waals surface area contributed by atoms with Crippen molar-refractivity contribution >= 4 is 0 Å². The number of hydrogen-bond donors (Lipinski definition) is 0. The molecule has 0 aliphatic heterocycles. The first kappa shape index (κ1) is 27.7. The third-order valence-corrected chi connectivity index (χ3v) is 23.7. The standard InChI is InChI=1S/C24H37.2C4H9.Hf/c1-5-24(6-2)18-16-21-14-9-15-22(21)23(24,4)17-10-11-19(3)20-12-7-8-13-20;2*1-3-4-2;/h7-8,12,15-16,18-19,21-22H,5-6,9-11,13-14,17H2,1-4H3;2*1,3-4H2,2H3;. The number of rotatable bonds is 14. The normalized spacial score (nSPS) is 31.0. The molecule has 187 valence electrons. The van der Waals surface area contributed by atoms with E-state index < -0.39 is 21.4 Å². The van der Waals surface area contributed by atoms with Gasteiger partial charge in [0.2, 0.25) is 0 Å². The van der Waals surface area contributed by atoms with E-state index in [4.69, 9.17) is 0 Å². The zero-order valence-corrected chi connectivity index (χ0v) is 26.7. The fourth-order valence-corrected chi connectivity index (χ4v) is 23.7. The molecule has 0 aromatic rings. The molecule has 0 radical (unpaired) electrons. The van der Waals surface area contributed by atoms with E-state index in [0.717, 1.165) is 17.8 Å². The summed E-state index contributed by atoms with van der Waals surface area (Å²) in [6.45, 7) is 15.1. The summed E-state index contributed by atoms with van der Waals surface area (Å²) in [6.07, 6.45) is 29.6. The summed E-state index contributed by atoms with van der Waals surface area (Å²) in [6, 6.07) is 0. The molecule has 1 fully saturated rings. The molecule has 1 heteroatoms. The van der Waals surface area contributed by atoms with Crippen molar-refractivity contribution in [3.63, 3.8) is 0 Å². The van der Waals surface area contributed by atoms with Gasteiger partial charge in [0.05, 0.1) is 0 Å². The summed E-state index contributed by atoms with van der Waals surface area (Å²) in [4.78, 5) is 0. The molecular weight excluding hydrogens is 563 g/mol. The van der Waals surface area contributed by atoms with E-state index in [1.807, 2.05) is 0 Å². The van der Waals surface area contributed by atoms with Gasteiger partial charge in [0, 0.05) is 0 Å². The summed E-state index contributed by atoms with van der Waals surface area (Å²) >= 11 is -1.59. The summed E-state index contributed by atoms with van der Waals surface area (Å²) < 4.78 is 4.56. The molecule has 5 unspecified atom stereocenters. The summed E-state index contributed by atoms with van der Waals surface area (Å²) in [5.41, 5.74) is 2.61. The molecule has 3 aliphatic carbocycles. The average molecular weight is 618 g/mol. The van der Waals surface area contributed by atoms with Crippen LogP contribution in [0.5, 0.6) is 0 Å². The van der Waals surface area contributed by atoms with E-state index in [0.29, 0.717) is 10.8 Å². The average Bonchev–Trinajstić information content (AvgIpc) is 3.51. The van der Waals surface area contributed by atoms with Gasteiger partial charge in [0.1, 0.15) is 0 Å². The Hall–Kier alpha value is 0.0901. The first-order chi connectivity index (χ1) is 16.0. The SMILES string of the molecule is CCC[CH2][Hf]([CH2]CCC)[CH]1CCC2C=CC(CC)(CC)C(C)(CCCC(C)C3=CC=CC3)C21. The number of fused-ring (bicyclic) bond motifs is 1. The van der Waals surface area contributed by atoms with Crippen LogP contribution in [0, 0.1) is 28.6 Å². The zero-order chi connectivity index (χ0) is 23.9. The number of hydrogen-bond acceptors (Lipinski definition) is 0. The van der Waals surface area contributed by atoms with Crippen molar-refractivity contribution in [2.75, 3.05) is 0 Å². The van der Waals surface area contributed by atoms with Gasteiger partial charge in [-0.3, -0.25) is 0 Å². The molecule has 0 nitrogen and oxygen atoms in total. The summed E-state index contributed by atoms with van der Waals surface area (Å²) in [5, 5.41) is 0. The second-order valence-electron chi connectivity index (χ2n) is 12.0. The van der Waals surface area contributed by atoms with Crippen LogP contribution in [0.25, 0.3) is 0 Å². The van der Waals surface area contributed by atoms with Crippen molar-refractivity contribution in [1.82, 2.24) is 0 Å². The molecule has 0 heterocycles. The van der Waals surface area contributed by atoms with Gasteiger partial charge in [-0.1, -0.05) is 0 Å². The monoisotopic (exact) mass is 619 g/mol. The van der Waals surface area contributed by atoms with Crippen LogP contribution in [0.2, 0.25) is 12.0 Å². The predicted molar refractivity (Wildman–Crippen MR) is 145 cm³/mol. The van der Waals surface area contributed by atoms with Crippen molar-refractivity contribution in [3.8, 4) is 0 Å². The van der Waals surface area contributed by atoms with Gasteiger partial charge in [-0.25, -0.2) is 0 Å². The summed E-state index contributed by atoms with van der Waals surface area (Å²) in [7, 11) is 0. The predicted octanol–water partition coefficient (Wildman–Crippen LogP) is 10.9. The van der Waals surface area contributed by atoms with Crippen LogP contribution < -0.4 is 0 Å². The Bertz CT molecular complexity index is 673. The molecule has 33 heavy (non-hydrogen) atoms. The van der Waals surface area contributed by atoms with Crippen molar-refractivity contribution < 1.29 is 21.4 Å². The Morgan fingerprint density at radius 1 is 1.00 bits per heavy atom. The topological polar surface area (TPSA) is 0 Å². The van der Waals surface area contributed by atoms with Crippen LogP contribution >= 0.6 is 0 Å². The van der Waals surface area contributed by atoms with E-state index in [-0.39, 0.29) is 0 Å². The molecule has 3 aliphatic rings. The Morgan fingerprint density at radius 3 is 2.27 bits per heavy atom. The summed E-state index contributed by atoms with van der Waals surface area (Å²) in [5.74, 6) is 2.66. The van der Waals surface area contributed by atoms with Crippen LogP contribution in [0.4, 0.5) is 0 Å². The molecule has 0 bridgehead atoms. The van der Waals surface area contributed by atoms with Gasteiger partial charge in [0.15, 0.2) is 0 Å². The molecule has 3 rings (SSSR count). The van der Waals surface area contributed by atoms with Crippen molar-refractivity contribution in [2.45, 2.75) is 131 Å². The fourth-order valence-electron chi connectivity index (χ4n) is 8.25. The molecular formula is C32H55Hf. The third kappa shape index (κ3) is 5.91. The molecule has 5 atom stereocenters. The first-order valence-electron chi connectivity index (χ1n) is 14.9. The number of unbranched alkanes of at least 4 members (excludes halogenated alkanes) is 2. The second-order valence-corrected chi connectivity index (χ2v) is 23.0. The van der Waals surface area contributed by atoms with Crippen LogP contribution in [0.1, 0.15) is 119 Å². The van der Waals surface area contributed by atoms with E-state index in [1.165, 1.54) is 74.3 Å². The first-order valence-corrected chi connectivity index (χ1v) is 22.0. The maximum absolute atomic E-state index is 2.80. The van der Waals surface area contributed by atoms with Gasteiger partial charge in [-0.05, 0) is 0 Å². The van der Waals surface area contributed by atoms with E-state index in [1.54, 1.807) is 20.3 Å².